The van der Waals surface area contributed by atoms with Crippen molar-refractivity contribution in [2.24, 2.45) is 5.92 Å². The van der Waals surface area contributed by atoms with Crippen molar-refractivity contribution in [2.45, 2.75) is 38.8 Å². The Morgan fingerprint density at radius 1 is 1.20 bits per heavy atom. The molecule has 0 saturated carbocycles. The Hall–Kier alpha value is -1.20. The number of ether oxygens (including phenoxy) is 2. The summed E-state index contributed by atoms with van der Waals surface area (Å²) in [7, 11) is 3.42. The Kier molecular flexibility index (Phi) is 4.94. The van der Waals surface area contributed by atoms with Gasteiger partial charge in [-0.2, -0.15) is 0 Å². The van der Waals surface area contributed by atoms with Crippen LogP contribution in [0.5, 0.6) is 6.01 Å². The Bertz CT molecular complexity index is 412. The minimum absolute atomic E-state index is 0.0485. The van der Waals surface area contributed by atoms with Gasteiger partial charge in [0.1, 0.15) is 0 Å². The van der Waals surface area contributed by atoms with E-state index in [1.165, 1.54) is 0 Å². The zero-order chi connectivity index (χ0) is 14.6. The highest BCUT2D eigenvalue weighted by molar-refractivity contribution is 5.07. The molecule has 5 heteroatoms. The van der Waals surface area contributed by atoms with Gasteiger partial charge in [-0.25, -0.2) is 9.97 Å². The molecule has 0 amide bonds. The van der Waals surface area contributed by atoms with Gasteiger partial charge in [-0.3, -0.25) is 4.90 Å². The number of likely N-dealkylation sites (tertiary alicyclic amines) is 1. The molecule has 5 nitrogen and oxygen atoms in total. The maximum absolute atomic E-state index is 5.80. The van der Waals surface area contributed by atoms with Crippen molar-refractivity contribution in [3.63, 3.8) is 0 Å². The summed E-state index contributed by atoms with van der Waals surface area (Å²) in [5, 5.41) is 0. The van der Waals surface area contributed by atoms with Gasteiger partial charge in [0.15, 0.2) is 0 Å². The molecule has 112 valence electrons. The second-order valence-corrected chi connectivity index (χ2v) is 5.78. The number of methoxy groups -OCH3 is 2. The van der Waals surface area contributed by atoms with Crippen molar-refractivity contribution in [1.29, 1.82) is 0 Å². The minimum Gasteiger partial charge on any atom is -0.467 e. The van der Waals surface area contributed by atoms with Gasteiger partial charge in [-0.15, -0.1) is 0 Å². The van der Waals surface area contributed by atoms with Crippen LogP contribution in [0.2, 0.25) is 0 Å². The molecule has 1 aliphatic rings. The first-order chi connectivity index (χ1) is 9.59. The van der Waals surface area contributed by atoms with E-state index in [1.807, 2.05) is 19.5 Å². The van der Waals surface area contributed by atoms with Crippen molar-refractivity contribution in [3.05, 3.63) is 18.0 Å². The van der Waals surface area contributed by atoms with Crippen LogP contribution in [-0.4, -0.2) is 47.8 Å². The number of hydrogen-bond acceptors (Lipinski definition) is 5. The molecule has 0 spiro atoms. The fourth-order valence-electron chi connectivity index (χ4n) is 2.90. The van der Waals surface area contributed by atoms with Crippen molar-refractivity contribution in [2.75, 3.05) is 27.3 Å². The Labute approximate surface area is 121 Å². The third-order valence-electron chi connectivity index (χ3n) is 4.43. The van der Waals surface area contributed by atoms with Crippen LogP contribution in [0.4, 0.5) is 0 Å². The van der Waals surface area contributed by atoms with Gasteiger partial charge in [0.25, 0.3) is 0 Å². The minimum atomic E-state index is 0.0485. The first kappa shape index (κ1) is 15.2. The largest absolute Gasteiger partial charge is 0.467 e. The van der Waals surface area contributed by atoms with Crippen molar-refractivity contribution >= 4 is 0 Å². The number of piperidine rings is 1. The molecule has 1 aromatic heterocycles. The molecule has 0 aliphatic carbocycles. The highest BCUT2D eigenvalue weighted by atomic mass is 16.5. The molecule has 1 fully saturated rings. The van der Waals surface area contributed by atoms with Gasteiger partial charge < -0.3 is 9.47 Å². The van der Waals surface area contributed by atoms with E-state index < -0.39 is 0 Å². The molecule has 0 bridgehead atoms. The van der Waals surface area contributed by atoms with Crippen LogP contribution in [0.3, 0.4) is 0 Å². The average Bonchev–Trinajstić information content (AvgIpc) is 2.49. The van der Waals surface area contributed by atoms with E-state index in [1.54, 1.807) is 7.11 Å². The molecule has 0 N–H and O–H groups in total. The first-order valence-corrected chi connectivity index (χ1v) is 7.22. The molecule has 1 saturated heterocycles. The molecule has 1 aromatic rings. The third-order valence-corrected chi connectivity index (χ3v) is 4.43. The fraction of sp³-hybridized carbons (Fsp3) is 0.733. The summed E-state index contributed by atoms with van der Waals surface area (Å²) < 4.78 is 10.8. The lowest BCUT2D eigenvalue weighted by Gasteiger charge is -2.43. The summed E-state index contributed by atoms with van der Waals surface area (Å²) in [5.74, 6) is 0.555. The highest BCUT2D eigenvalue weighted by Crippen LogP contribution is 2.33. The van der Waals surface area contributed by atoms with Crippen LogP contribution in [0.15, 0.2) is 12.4 Å². The van der Waals surface area contributed by atoms with Gasteiger partial charge in [-0.05, 0) is 18.8 Å². The lowest BCUT2D eigenvalue weighted by atomic mass is 9.81. The maximum atomic E-state index is 5.80. The third kappa shape index (κ3) is 3.27. The van der Waals surface area contributed by atoms with Crippen LogP contribution in [0, 0.1) is 5.92 Å². The first-order valence-electron chi connectivity index (χ1n) is 7.22. The summed E-state index contributed by atoms with van der Waals surface area (Å²) in [6, 6.07) is 0.422. The van der Waals surface area contributed by atoms with E-state index in [0.717, 1.165) is 38.0 Å². The van der Waals surface area contributed by atoms with Crippen LogP contribution in [0.25, 0.3) is 0 Å². The molecule has 0 atom stereocenters. The normalized spacial score (nSPS) is 19.2. The topological polar surface area (TPSA) is 47.5 Å². The van der Waals surface area contributed by atoms with E-state index in [9.17, 15) is 0 Å². The summed E-state index contributed by atoms with van der Waals surface area (Å²) in [6.07, 6.45) is 5.84. The zero-order valence-electron chi connectivity index (χ0n) is 12.9. The van der Waals surface area contributed by atoms with E-state index in [4.69, 9.17) is 9.47 Å². The smallest absolute Gasteiger partial charge is 0.316 e. The fourth-order valence-corrected chi connectivity index (χ4v) is 2.90. The van der Waals surface area contributed by atoms with Gasteiger partial charge in [0, 0.05) is 44.7 Å². The van der Waals surface area contributed by atoms with Crippen LogP contribution < -0.4 is 4.74 Å². The van der Waals surface area contributed by atoms with Gasteiger partial charge in [0.2, 0.25) is 0 Å². The highest BCUT2D eigenvalue weighted by Gasteiger charge is 2.37. The molecular formula is C15H25N3O2. The standard InChI is InChI=1S/C15H25N3O2/c1-12(2)15(20-4)5-7-18(8-6-15)11-13-9-16-14(19-3)17-10-13/h9-10,12H,5-8,11H2,1-4H3. The number of aromatic nitrogens is 2. The predicted octanol–water partition coefficient (Wildman–Crippen LogP) is 2.12. The molecule has 20 heavy (non-hydrogen) atoms. The van der Waals surface area contributed by atoms with E-state index >= 15 is 0 Å². The number of hydrogen-bond donors (Lipinski definition) is 0. The van der Waals surface area contributed by atoms with Gasteiger partial charge in [-0.1, -0.05) is 13.8 Å². The van der Waals surface area contributed by atoms with Gasteiger partial charge >= 0.3 is 6.01 Å². The summed E-state index contributed by atoms with van der Waals surface area (Å²) in [6.45, 7) is 7.49. The monoisotopic (exact) mass is 279 g/mol. The van der Waals surface area contributed by atoms with E-state index in [-0.39, 0.29) is 5.60 Å². The number of nitrogens with zero attached hydrogens (tertiary/aromatic N) is 3. The Morgan fingerprint density at radius 3 is 2.25 bits per heavy atom. The summed E-state index contributed by atoms with van der Waals surface area (Å²) >= 11 is 0. The summed E-state index contributed by atoms with van der Waals surface area (Å²) in [4.78, 5) is 10.7. The van der Waals surface area contributed by atoms with Crippen LogP contribution >= 0.6 is 0 Å². The molecule has 1 aliphatic heterocycles. The zero-order valence-corrected chi connectivity index (χ0v) is 12.9. The lowest BCUT2D eigenvalue weighted by Crippen LogP contribution is -2.48. The van der Waals surface area contributed by atoms with Crippen LogP contribution in [-0.2, 0) is 11.3 Å². The van der Waals surface area contributed by atoms with Crippen molar-refractivity contribution in [3.8, 4) is 6.01 Å². The second-order valence-electron chi connectivity index (χ2n) is 5.78. The van der Waals surface area contributed by atoms with Crippen LogP contribution in [0.1, 0.15) is 32.3 Å². The number of rotatable bonds is 5. The summed E-state index contributed by atoms with van der Waals surface area (Å²) in [5.41, 5.74) is 1.17. The Morgan fingerprint density at radius 2 is 1.80 bits per heavy atom. The second kappa shape index (κ2) is 6.50. The SMILES string of the molecule is COc1ncc(CN2CCC(OC)(C(C)C)CC2)cn1. The molecule has 2 rings (SSSR count). The molecule has 0 radical (unpaired) electrons. The van der Waals surface area contributed by atoms with Crippen molar-refractivity contribution in [1.82, 2.24) is 14.9 Å². The van der Waals surface area contributed by atoms with Gasteiger partial charge in [0.05, 0.1) is 12.7 Å². The molecule has 0 unspecified atom stereocenters. The molecule has 0 aromatic carbocycles. The maximum Gasteiger partial charge on any atom is 0.316 e. The molecule has 2 heterocycles. The predicted molar refractivity (Wildman–Crippen MR) is 77.7 cm³/mol. The lowest BCUT2D eigenvalue weighted by molar-refractivity contribution is -0.0896. The van der Waals surface area contributed by atoms with E-state index in [2.05, 4.69) is 28.7 Å². The Balaban J connectivity index is 1.90. The average molecular weight is 279 g/mol. The van der Waals surface area contributed by atoms with Crippen molar-refractivity contribution < 1.29 is 9.47 Å². The quantitative estimate of drug-likeness (QED) is 0.826. The van der Waals surface area contributed by atoms with E-state index in [0.29, 0.717) is 11.9 Å². The molecular weight excluding hydrogens is 254 g/mol.